The Morgan fingerprint density at radius 3 is 2.39 bits per heavy atom. The molecular formula is C25H29N3O5. The number of benzene rings is 2. The number of aromatic amines is 1. The molecule has 0 atom stereocenters. The van der Waals surface area contributed by atoms with Gasteiger partial charge in [-0.05, 0) is 38.5 Å². The lowest BCUT2D eigenvalue weighted by Gasteiger charge is -2.20. The number of rotatable bonds is 9. The van der Waals surface area contributed by atoms with E-state index in [1.54, 1.807) is 17.0 Å². The van der Waals surface area contributed by atoms with E-state index in [1.165, 1.54) is 14.2 Å². The van der Waals surface area contributed by atoms with Crippen molar-refractivity contribution in [3.63, 3.8) is 0 Å². The van der Waals surface area contributed by atoms with E-state index in [2.05, 4.69) is 9.97 Å². The second kappa shape index (κ2) is 10.3. The minimum atomic E-state index is -0.329. The second-order valence-electron chi connectivity index (χ2n) is 7.89. The van der Waals surface area contributed by atoms with Crippen LogP contribution in [0.2, 0.25) is 0 Å². The van der Waals surface area contributed by atoms with Crippen molar-refractivity contribution in [3.8, 4) is 11.5 Å². The lowest BCUT2D eigenvalue weighted by molar-refractivity contribution is -0.131. The summed E-state index contributed by atoms with van der Waals surface area (Å²) in [7, 11) is 3.00. The molecule has 0 aliphatic heterocycles. The predicted octanol–water partition coefficient (Wildman–Crippen LogP) is 3.57. The first-order valence-electron chi connectivity index (χ1n) is 10.8. The first kappa shape index (κ1) is 24.0. The first-order valence-corrected chi connectivity index (χ1v) is 10.8. The number of carbonyl (C=O) groups is 2. The van der Waals surface area contributed by atoms with Gasteiger partial charge >= 0.3 is 0 Å². The van der Waals surface area contributed by atoms with Gasteiger partial charge in [-0.15, -0.1) is 0 Å². The number of aryl methyl sites for hydroxylation is 2. The van der Waals surface area contributed by atoms with Gasteiger partial charge in [-0.3, -0.25) is 14.4 Å². The average Bonchev–Trinajstić information content (AvgIpc) is 2.81. The molecule has 0 unspecified atom stereocenters. The van der Waals surface area contributed by atoms with E-state index in [9.17, 15) is 14.4 Å². The van der Waals surface area contributed by atoms with Gasteiger partial charge in [-0.1, -0.05) is 17.7 Å². The van der Waals surface area contributed by atoms with Crippen molar-refractivity contribution in [2.45, 2.75) is 40.2 Å². The van der Waals surface area contributed by atoms with E-state index < -0.39 is 0 Å². The highest BCUT2D eigenvalue weighted by atomic mass is 16.5. The molecule has 3 rings (SSSR count). The lowest BCUT2D eigenvalue weighted by atomic mass is 9.99. The molecule has 0 radical (unpaired) electrons. The fraction of sp³-hybridized carbons (Fsp3) is 0.360. The summed E-state index contributed by atoms with van der Waals surface area (Å²) in [6.45, 7) is 6.22. The van der Waals surface area contributed by atoms with Gasteiger partial charge in [0.05, 0.1) is 31.7 Å². The topological polar surface area (TPSA) is 102 Å². The Hall–Kier alpha value is -3.68. The summed E-state index contributed by atoms with van der Waals surface area (Å²) in [5, 5.41) is 0.366. The highest BCUT2D eigenvalue weighted by Gasteiger charge is 2.18. The molecular weight excluding hydrogens is 422 g/mol. The minimum absolute atomic E-state index is 0.0566. The quantitative estimate of drug-likeness (QED) is 0.499. The van der Waals surface area contributed by atoms with Crippen LogP contribution >= 0.6 is 0 Å². The van der Waals surface area contributed by atoms with Crippen LogP contribution in [0.25, 0.3) is 10.9 Å². The third-order valence-electron chi connectivity index (χ3n) is 5.59. The van der Waals surface area contributed by atoms with Gasteiger partial charge in [0.2, 0.25) is 5.91 Å². The van der Waals surface area contributed by atoms with Crippen molar-refractivity contribution >= 4 is 22.6 Å². The van der Waals surface area contributed by atoms with Crippen LogP contribution in [0.5, 0.6) is 11.5 Å². The number of nitrogens with zero attached hydrogens (tertiary/aromatic N) is 2. The molecule has 1 aromatic heterocycles. The number of methoxy groups -OCH3 is 2. The van der Waals surface area contributed by atoms with Gasteiger partial charge < -0.3 is 19.4 Å². The number of H-pyrrole nitrogens is 1. The van der Waals surface area contributed by atoms with E-state index in [0.29, 0.717) is 40.3 Å². The number of ketones is 1. The van der Waals surface area contributed by atoms with Crippen molar-refractivity contribution in [2.75, 3.05) is 20.8 Å². The fourth-order valence-electron chi connectivity index (χ4n) is 3.70. The molecule has 174 valence electrons. The second-order valence-corrected chi connectivity index (χ2v) is 7.89. The molecule has 0 aliphatic carbocycles. The molecule has 2 aromatic carbocycles. The van der Waals surface area contributed by atoms with E-state index in [4.69, 9.17) is 9.47 Å². The standard InChI is InChI=1S/C25H29N3O5/c1-6-28(24(30)10-9-20(29)17-11-15(2)7-8-16(17)3)14-23-26-19-13-22(33-5)21(32-4)12-18(19)25(31)27-23/h7-8,11-13H,6,9-10,14H2,1-5H3,(H,26,27,31). The molecule has 3 aromatic rings. The fourth-order valence-corrected chi connectivity index (χ4v) is 3.70. The highest BCUT2D eigenvalue weighted by Crippen LogP contribution is 2.30. The summed E-state index contributed by atoms with van der Waals surface area (Å²) in [4.78, 5) is 46.9. The summed E-state index contributed by atoms with van der Waals surface area (Å²) in [5.74, 6) is 1.02. The van der Waals surface area contributed by atoms with Gasteiger partial charge in [0.1, 0.15) is 5.82 Å². The number of amides is 1. The van der Waals surface area contributed by atoms with Crippen LogP contribution in [0.4, 0.5) is 0 Å². The number of fused-ring (bicyclic) bond motifs is 1. The molecule has 8 nitrogen and oxygen atoms in total. The maximum absolute atomic E-state index is 12.8. The van der Waals surface area contributed by atoms with E-state index in [-0.39, 0.29) is 36.6 Å². The van der Waals surface area contributed by atoms with E-state index in [0.717, 1.165) is 11.1 Å². The number of nitrogens with one attached hydrogen (secondary N) is 1. The Morgan fingerprint density at radius 2 is 1.73 bits per heavy atom. The van der Waals surface area contributed by atoms with Gasteiger partial charge in [0, 0.05) is 31.0 Å². The molecule has 0 saturated heterocycles. The number of hydrogen-bond donors (Lipinski definition) is 1. The Bertz CT molecular complexity index is 1250. The maximum Gasteiger partial charge on any atom is 0.258 e. The van der Waals surface area contributed by atoms with Crippen LogP contribution in [-0.4, -0.2) is 47.3 Å². The largest absolute Gasteiger partial charge is 0.493 e. The monoisotopic (exact) mass is 451 g/mol. The number of Topliss-reactive ketones (excluding diaryl/α,β-unsaturated/α-hetero) is 1. The SMILES string of the molecule is CCN(Cc1nc2cc(OC)c(OC)cc2c(=O)[nH]1)C(=O)CCC(=O)c1cc(C)ccc1C. The van der Waals surface area contributed by atoms with E-state index >= 15 is 0 Å². The molecule has 1 amide bonds. The lowest BCUT2D eigenvalue weighted by Crippen LogP contribution is -2.32. The third-order valence-corrected chi connectivity index (χ3v) is 5.59. The normalized spacial score (nSPS) is 10.8. The summed E-state index contributed by atoms with van der Waals surface area (Å²) in [5.41, 5.74) is 2.67. The number of carbonyl (C=O) groups excluding carboxylic acids is 2. The predicted molar refractivity (Wildman–Crippen MR) is 126 cm³/mol. The number of aromatic nitrogens is 2. The molecule has 0 bridgehead atoms. The van der Waals surface area contributed by atoms with Crippen molar-refractivity contribution in [3.05, 3.63) is 63.2 Å². The molecule has 0 aliphatic rings. The Balaban J connectivity index is 1.75. The molecule has 1 N–H and O–H groups in total. The minimum Gasteiger partial charge on any atom is -0.493 e. The van der Waals surface area contributed by atoms with Gasteiger partial charge in [0.25, 0.3) is 5.56 Å². The Morgan fingerprint density at radius 1 is 1.03 bits per heavy atom. The molecule has 0 saturated carbocycles. The molecule has 1 heterocycles. The third kappa shape index (κ3) is 5.39. The number of hydrogen-bond acceptors (Lipinski definition) is 6. The van der Waals surface area contributed by atoms with Crippen LogP contribution < -0.4 is 15.0 Å². The maximum atomic E-state index is 12.8. The van der Waals surface area contributed by atoms with Gasteiger partial charge in [-0.2, -0.15) is 0 Å². The molecule has 0 spiro atoms. The van der Waals surface area contributed by atoms with E-state index in [1.807, 2.05) is 39.0 Å². The molecule has 8 heteroatoms. The van der Waals surface area contributed by atoms with Crippen LogP contribution in [0.1, 0.15) is 47.1 Å². The van der Waals surface area contributed by atoms with Gasteiger partial charge in [0.15, 0.2) is 17.3 Å². The van der Waals surface area contributed by atoms with Gasteiger partial charge in [-0.25, -0.2) is 4.98 Å². The molecule has 0 fully saturated rings. The van der Waals surface area contributed by atoms with Crippen molar-refractivity contribution < 1.29 is 19.1 Å². The average molecular weight is 452 g/mol. The Kier molecular flexibility index (Phi) is 7.48. The highest BCUT2D eigenvalue weighted by molar-refractivity contribution is 5.99. The van der Waals surface area contributed by atoms with Crippen LogP contribution in [-0.2, 0) is 11.3 Å². The Labute approximate surface area is 192 Å². The summed E-state index contributed by atoms with van der Waals surface area (Å²) >= 11 is 0. The zero-order valence-electron chi connectivity index (χ0n) is 19.7. The summed E-state index contributed by atoms with van der Waals surface area (Å²) in [6, 6.07) is 8.93. The summed E-state index contributed by atoms with van der Waals surface area (Å²) in [6.07, 6.45) is 0.210. The number of ether oxygens (including phenoxy) is 2. The molecule has 33 heavy (non-hydrogen) atoms. The smallest absolute Gasteiger partial charge is 0.258 e. The van der Waals surface area contributed by atoms with Crippen LogP contribution in [0.3, 0.4) is 0 Å². The van der Waals surface area contributed by atoms with Crippen molar-refractivity contribution in [1.82, 2.24) is 14.9 Å². The van der Waals surface area contributed by atoms with Crippen LogP contribution in [0, 0.1) is 13.8 Å². The zero-order valence-corrected chi connectivity index (χ0v) is 19.7. The zero-order chi connectivity index (χ0) is 24.1. The summed E-state index contributed by atoms with van der Waals surface area (Å²) < 4.78 is 10.5. The van der Waals surface area contributed by atoms with Crippen LogP contribution in [0.15, 0.2) is 35.1 Å². The first-order chi connectivity index (χ1) is 15.8. The van der Waals surface area contributed by atoms with Crippen molar-refractivity contribution in [1.29, 1.82) is 0 Å². The van der Waals surface area contributed by atoms with Crippen molar-refractivity contribution in [2.24, 2.45) is 0 Å².